The number of halogens is 2. The molecule has 2 rings (SSSR count). The highest BCUT2D eigenvalue weighted by Gasteiger charge is 2.11. The SMILES string of the molecule is Cc1nc(-c2cc(Cl)c(O)c(Cl)c2)no1. The number of aromatic nitrogens is 2. The summed E-state index contributed by atoms with van der Waals surface area (Å²) in [5.41, 5.74) is 0.597. The van der Waals surface area contributed by atoms with Gasteiger partial charge in [0.15, 0.2) is 5.75 Å². The van der Waals surface area contributed by atoms with Crippen molar-refractivity contribution in [3.05, 3.63) is 28.1 Å². The van der Waals surface area contributed by atoms with Gasteiger partial charge in [0.25, 0.3) is 0 Å². The maximum atomic E-state index is 9.35. The monoisotopic (exact) mass is 244 g/mol. The Morgan fingerprint density at radius 1 is 1.27 bits per heavy atom. The second-order valence-electron chi connectivity index (χ2n) is 2.93. The number of nitrogens with zero attached hydrogens (tertiary/aromatic N) is 2. The number of aromatic hydroxyl groups is 1. The third-order valence-corrected chi connectivity index (χ3v) is 2.38. The van der Waals surface area contributed by atoms with E-state index in [2.05, 4.69) is 10.1 Å². The largest absolute Gasteiger partial charge is 0.505 e. The van der Waals surface area contributed by atoms with Crippen molar-refractivity contribution in [1.29, 1.82) is 0 Å². The second kappa shape index (κ2) is 3.72. The van der Waals surface area contributed by atoms with Crippen LogP contribution in [0.5, 0.6) is 5.75 Å². The number of aryl methyl sites for hydroxylation is 1. The van der Waals surface area contributed by atoms with Crippen molar-refractivity contribution in [2.75, 3.05) is 0 Å². The van der Waals surface area contributed by atoms with Crippen molar-refractivity contribution in [1.82, 2.24) is 10.1 Å². The summed E-state index contributed by atoms with van der Waals surface area (Å²) in [5, 5.41) is 13.4. The molecule has 0 aliphatic heterocycles. The molecule has 2 aromatic rings. The third-order valence-electron chi connectivity index (χ3n) is 1.80. The second-order valence-corrected chi connectivity index (χ2v) is 3.74. The molecule has 0 saturated carbocycles. The minimum Gasteiger partial charge on any atom is -0.505 e. The van der Waals surface area contributed by atoms with E-state index in [0.717, 1.165) is 0 Å². The fourth-order valence-electron chi connectivity index (χ4n) is 1.11. The molecule has 1 N–H and O–H groups in total. The van der Waals surface area contributed by atoms with Crippen LogP contribution in [0, 0.1) is 6.92 Å². The van der Waals surface area contributed by atoms with Crippen LogP contribution in [0.25, 0.3) is 11.4 Å². The molecule has 0 fully saturated rings. The van der Waals surface area contributed by atoms with Gasteiger partial charge in [-0.3, -0.25) is 0 Å². The Hall–Kier alpha value is -1.26. The molecule has 1 aromatic carbocycles. The number of rotatable bonds is 1. The Morgan fingerprint density at radius 3 is 2.33 bits per heavy atom. The standard InChI is InChI=1S/C9H6Cl2N2O2/c1-4-12-9(13-15-4)5-2-6(10)8(14)7(11)3-5/h2-3,14H,1H3. The Kier molecular flexibility index (Phi) is 2.54. The zero-order chi connectivity index (χ0) is 11.0. The molecule has 1 heterocycles. The lowest BCUT2D eigenvalue weighted by molar-refractivity contribution is 0.394. The van der Waals surface area contributed by atoms with Gasteiger partial charge in [-0.05, 0) is 12.1 Å². The van der Waals surface area contributed by atoms with Gasteiger partial charge in [-0.1, -0.05) is 28.4 Å². The molecule has 0 saturated heterocycles. The van der Waals surface area contributed by atoms with Crippen LogP contribution in [0.3, 0.4) is 0 Å². The molecule has 0 aliphatic rings. The van der Waals surface area contributed by atoms with Crippen molar-refractivity contribution >= 4 is 23.2 Å². The number of phenolic OH excluding ortho intramolecular Hbond substituents is 1. The van der Waals surface area contributed by atoms with Crippen molar-refractivity contribution in [2.45, 2.75) is 6.92 Å². The molecule has 6 heteroatoms. The van der Waals surface area contributed by atoms with E-state index in [1.165, 1.54) is 12.1 Å². The van der Waals surface area contributed by atoms with E-state index in [4.69, 9.17) is 27.7 Å². The summed E-state index contributed by atoms with van der Waals surface area (Å²) in [6, 6.07) is 3.04. The summed E-state index contributed by atoms with van der Waals surface area (Å²) >= 11 is 11.5. The number of hydrogen-bond acceptors (Lipinski definition) is 4. The summed E-state index contributed by atoms with van der Waals surface area (Å²) in [5.74, 6) is 0.684. The van der Waals surface area contributed by atoms with Crippen LogP contribution >= 0.6 is 23.2 Å². The highest BCUT2D eigenvalue weighted by molar-refractivity contribution is 6.37. The first-order valence-electron chi connectivity index (χ1n) is 4.06. The predicted octanol–water partition coefficient (Wildman–Crippen LogP) is 3.06. The van der Waals surface area contributed by atoms with Gasteiger partial charge in [-0.25, -0.2) is 0 Å². The lowest BCUT2D eigenvalue weighted by atomic mass is 10.2. The summed E-state index contributed by atoms with van der Waals surface area (Å²) in [6.45, 7) is 1.68. The minimum atomic E-state index is -0.151. The topological polar surface area (TPSA) is 59.2 Å². The zero-order valence-corrected chi connectivity index (χ0v) is 9.17. The van der Waals surface area contributed by atoms with Gasteiger partial charge in [0, 0.05) is 12.5 Å². The van der Waals surface area contributed by atoms with Crippen LogP contribution in [0.1, 0.15) is 5.89 Å². The number of hydrogen-bond donors (Lipinski definition) is 1. The van der Waals surface area contributed by atoms with Crippen LogP contribution in [-0.4, -0.2) is 15.2 Å². The summed E-state index contributed by atoms with van der Waals surface area (Å²) < 4.78 is 4.82. The summed E-state index contributed by atoms with van der Waals surface area (Å²) in [7, 11) is 0. The zero-order valence-electron chi connectivity index (χ0n) is 7.66. The average Bonchev–Trinajstić information content (AvgIpc) is 2.60. The maximum Gasteiger partial charge on any atom is 0.223 e. The van der Waals surface area contributed by atoms with E-state index < -0.39 is 0 Å². The van der Waals surface area contributed by atoms with Crippen LogP contribution < -0.4 is 0 Å². The van der Waals surface area contributed by atoms with Gasteiger partial charge < -0.3 is 9.63 Å². The predicted molar refractivity (Wildman–Crippen MR) is 56.2 cm³/mol. The molecule has 0 spiro atoms. The normalized spacial score (nSPS) is 10.6. The Morgan fingerprint density at radius 2 is 1.87 bits per heavy atom. The molecule has 0 aliphatic carbocycles. The van der Waals surface area contributed by atoms with Crippen LogP contribution in [0.2, 0.25) is 10.0 Å². The van der Waals surface area contributed by atoms with E-state index in [1.54, 1.807) is 6.92 Å². The first-order chi connectivity index (χ1) is 7.08. The van der Waals surface area contributed by atoms with Gasteiger partial charge in [0.2, 0.25) is 11.7 Å². The van der Waals surface area contributed by atoms with Gasteiger partial charge in [0.1, 0.15) is 0 Å². The maximum absolute atomic E-state index is 9.35. The molecule has 15 heavy (non-hydrogen) atoms. The molecule has 78 valence electrons. The van der Waals surface area contributed by atoms with E-state index >= 15 is 0 Å². The molecule has 0 unspecified atom stereocenters. The number of benzene rings is 1. The minimum absolute atomic E-state index is 0.151. The molecule has 0 bridgehead atoms. The summed E-state index contributed by atoms with van der Waals surface area (Å²) in [6.07, 6.45) is 0. The van der Waals surface area contributed by atoms with Crippen molar-refractivity contribution < 1.29 is 9.63 Å². The smallest absolute Gasteiger partial charge is 0.223 e. The summed E-state index contributed by atoms with van der Waals surface area (Å²) in [4.78, 5) is 4.02. The van der Waals surface area contributed by atoms with Crippen LogP contribution in [-0.2, 0) is 0 Å². The van der Waals surface area contributed by atoms with E-state index in [0.29, 0.717) is 17.3 Å². The van der Waals surface area contributed by atoms with E-state index in [-0.39, 0.29) is 15.8 Å². The lowest BCUT2D eigenvalue weighted by Gasteiger charge is -2.01. The quantitative estimate of drug-likeness (QED) is 0.838. The molecule has 1 aromatic heterocycles. The highest BCUT2D eigenvalue weighted by atomic mass is 35.5. The van der Waals surface area contributed by atoms with Gasteiger partial charge in [-0.2, -0.15) is 4.98 Å². The fraction of sp³-hybridized carbons (Fsp3) is 0.111. The molecular formula is C9H6Cl2N2O2. The molecule has 0 radical (unpaired) electrons. The first kappa shape index (κ1) is 10.3. The Balaban J connectivity index is 2.55. The Bertz CT molecular complexity index is 488. The van der Waals surface area contributed by atoms with E-state index in [9.17, 15) is 5.11 Å². The highest BCUT2D eigenvalue weighted by Crippen LogP contribution is 2.35. The van der Waals surface area contributed by atoms with Crippen LogP contribution in [0.15, 0.2) is 16.7 Å². The van der Waals surface area contributed by atoms with E-state index in [1.807, 2.05) is 0 Å². The third kappa shape index (κ3) is 1.91. The first-order valence-corrected chi connectivity index (χ1v) is 4.82. The lowest BCUT2D eigenvalue weighted by Crippen LogP contribution is -1.82. The van der Waals surface area contributed by atoms with Crippen molar-refractivity contribution in [3.8, 4) is 17.1 Å². The van der Waals surface area contributed by atoms with Gasteiger partial charge in [0.05, 0.1) is 10.0 Å². The molecule has 0 atom stereocenters. The van der Waals surface area contributed by atoms with Gasteiger partial charge >= 0.3 is 0 Å². The average molecular weight is 245 g/mol. The van der Waals surface area contributed by atoms with Crippen LogP contribution in [0.4, 0.5) is 0 Å². The van der Waals surface area contributed by atoms with Crippen molar-refractivity contribution in [3.63, 3.8) is 0 Å². The molecular weight excluding hydrogens is 239 g/mol. The van der Waals surface area contributed by atoms with Crippen molar-refractivity contribution in [2.24, 2.45) is 0 Å². The molecule has 4 nitrogen and oxygen atoms in total. The Labute approximate surface area is 95.4 Å². The molecule has 0 amide bonds. The number of phenols is 1. The van der Waals surface area contributed by atoms with Gasteiger partial charge in [-0.15, -0.1) is 0 Å². The fourth-order valence-corrected chi connectivity index (χ4v) is 1.60.